The molecule has 0 radical (unpaired) electrons. The standard InChI is InChI=1S/C28H29F5N4O4S/c1-3-24(38)35-6-8-36(9-7-35)26-20-12-17(28(31,32)33)13-23-25(20)37(27(39)34-26)15-19(41-11-10-40-2)16-42(23)22-5-4-18(29)14-21(22)30/h3-5,12-14,19,42H,1,6-11,15-16H2,2H3/t19-/m0/s1. The predicted molar refractivity (Wildman–Crippen MR) is 148 cm³/mol. The Labute approximate surface area is 240 Å². The first-order valence-electron chi connectivity index (χ1n) is 13.2. The van der Waals surface area contributed by atoms with Crippen molar-refractivity contribution in [3.8, 4) is 0 Å². The van der Waals surface area contributed by atoms with E-state index in [1.807, 2.05) is 0 Å². The number of amides is 1. The first-order chi connectivity index (χ1) is 20.0. The first kappa shape index (κ1) is 30.0. The number of alkyl halides is 3. The molecule has 0 aliphatic carbocycles. The van der Waals surface area contributed by atoms with Crippen molar-refractivity contribution in [3.63, 3.8) is 0 Å². The summed E-state index contributed by atoms with van der Waals surface area (Å²) in [7, 11) is -0.412. The van der Waals surface area contributed by atoms with E-state index < -0.39 is 46.1 Å². The Hall–Kier alpha value is -3.49. The topological polar surface area (TPSA) is 76.9 Å². The number of piperazine rings is 1. The van der Waals surface area contributed by atoms with E-state index in [1.54, 1.807) is 9.80 Å². The lowest BCUT2D eigenvalue weighted by atomic mass is 10.1. The average Bonchev–Trinajstić information content (AvgIpc) is 3.12. The maximum Gasteiger partial charge on any atom is 0.416 e. The Bertz CT molecular complexity index is 1570. The average molecular weight is 613 g/mol. The van der Waals surface area contributed by atoms with Crippen LogP contribution in [-0.2, 0) is 27.0 Å². The van der Waals surface area contributed by atoms with Gasteiger partial charge in [0.1, 0.15) is 17.5 Å². The molecule has 0 bridgehead atoms. The van der Waals surface area contributed by atoms with Gasteiger partial charge in [0.15, 0.2) is 0 Å². The number of methoxy groups -OCH3 is 1. The zero-order chi connectivity index (χ0) is 30.2. The molecule has 1 fully saturated rings. The maximum atomic E-state index is 15.2. The number of nitrogens with zero attached hydrogens (tertiary/aromatic N) is 4. The molecule has 2 atom stereocenters. The van der Waals surface area contributed by atoms with E-state index in [1.165, 1.54) is 23.8 Å². The van der Waals surface area contributed by atoms with Gasteiger partial charge in [-0.15, -0.1) is 0 Å². The van der Waals surface area contributed by atoms with Crippen molar-refractivity contribution in [2.75, 3.05) is 57.2 Å². The lowest BCUT2D eigenvalue weighted by molar-refractivity contribution is -0.137. The van der Waals surface area contributed by atoms with Crippen LogP contribution < -0.4 is 10.6 Å². The van der Waals surface area contributed by atoms with Gasteiger partial charge in [0, 0.05) is 60.3 Å². The molecule has 1 unspecified atom stereocenters. The molecule has 1 amide bonds. The van der Waals surface area contributed by atoms with Crippen LogP contribution in [-0.4, -0.2) is 78.7 Å². The second kappa shape index (κ2) is 12.0. The van der Waals surface area contributed by atoms with Gasteiger partial charge >= 0.3 is 11.9 Å². The fraction of sp³-hybridized carbons (Fsp3) is 0.393. The number of hydrogen-bond acceptors (Lipinski definition) is 6. The predicted octanol–water partition coefficient (Wildman–Crippen LogP) is 3.99. The van der Waals surface area contributed by atoms with Crippen LogP contribution in [0.25, 0.3) is 10.9 Å². The lowest BCUT2D eigenvalue weighted by Gasteiger charge is -2.35. The quantitative estimate of drug-likeness (QED) is 0.188. The Morgan fingerprint density at radius 3 is 2.50 bits per heavy atom. The highest BCUT2D eigenvalue weighted by Crippen LogP contribution is 2.52. The second-order valence-electron chi connectivity index (χ2n) is 9.93. The Morgan fingerprint density at radius 2 is 1.86 bits per heavy atom. The fourth-order valence-electron chi connectivity index (χ4n) is 5.32. The first-order valence-corrected chi connectivity index (χ1v) is 14.7. The van der Waals surface area contributed by atoms with E-state index in [0.29, 0.717) is 6.07 Å². The van der Waals surface area contributed by atoms with Crippen LogP contribution in [0, 0.1) is 11.6 Å². The maximum absolute atomic E-state index is 15.2. The summed E-state index contributed by atoms with van der Waals surface area (Å²) in [5, 5.41) is 0.0792. The molecule has 2 aromatic carbocycles. The van der Waals surface area contributed by atoms with Gasteiger partial charge in [-0.05, 0) is 30.3 Å². The normalized spacial score (nSPS) is 20.0. The number of benzene rings is 2. The Morgan fingerprint density at radius 1 is 1.12 bits per heavy atom. The van der Waals surface area contributed by atoms with Crippen LogP contribution >= 0.6 is 10.9 Å². The molecule has 42 heavy (non-hydrogen) atoms. The van der Waals surface area contributed by atoms with Crippen molar-refractivity contribution in [2.45, 2.75) is 28.6 Å². The minimum Gasteiger partial charge on any atom is -0.382 e. The van der Waals surface area contributed by atoms with Crippen LogP contribution in [0.15, 0.2) is 57.6 Å². The molecule has 0 N–H and O–H groups in total. The number of carbonyl (C=O) groups excluding carboxylic acids is 1. The van der Waals surface area contributed by atoms with Crippen molar-refractivity contribution in [2.24, 2.45) is 0 Å². The van der Waals surface area contributed by atoms with Gasteiger partial charge in [0.2, 0.25) is 5.91 Å². The van der Waals surface area contributed by atoms with Crippen molar-refractivity contribution in [3.05, 3.63) is 70.7 Å². The van der Waals surface area contributed by atoms with Crippen molar-refractivity contribution in [1.29, 1.82) is 0 Å². The molecule has 226 valence electrons. The molecule has 2 aliphatic heterocycles. The van der Waals surface area contributed by atoms with Crippen molar-refractivity contribution >= 4 is 33.5 Å². The summed E-state index contributed by atoms with van der Waals surface area (Å²) in [5.74, 6) is -1.85. The molecular weight excluding hydrogens is 583 g/mol. The minimum absolute atomic E-state index is 0.0338. The van der Waals surface area contributed by atoms with E-state index in [0.717, 1.165) is 18.2 Å². The van der Waals surface area contributed by atoms with Crippen LogP contribution in [0.5, 0.6) is 0 Å². The van der Waals surface area contributed by atoms with Crippen molar-refractivity contribution in [1.82, 2.24) is 14.5 Å². The molecule has 2 aliphatic rings. The second-order valence-corrected chi connectivity index (χ2v) is 12.1. The summed E-state index contributed by atoms with van der Waals surface area (Å²) in [5.41, 5.74) is -1.47. The van der Waals surface area contributed by atoms with E-state index in [4.69, 9.17) is 9.47 Å². The number of thiol groups is 1. The Balaban J connectivity index is 1.73. The van der Waals surface area contributed by atoms with Crippen LogP contribution in [0.1, 0.15) is 5.56 Å². The number of rotatable bonds is 7. The molecule has 3 aromatic rings. The highest BCUT2D eigenvalue weighted by Gasteiger charge is 2.36. The van der Waals surface area contributed by atoms with Gasteiger partial charge in [-0.3, -0.25) is 9.36 Å². The van der Waals surface area contributed by atoms with Crippen LogP contribution in [0.3, 0.4) is 0 Å². The van der Waals surface area contributed by atoms with E-state index in [2.05, 4.69) is 11.6 Å². The number of aromatic nitrogens is 2. The highest BCUT2D eigenvalue weighted by atomic mass is 32.2. The highest BCUT2D eigenvalue weighted by molar-refractivity contribution is 8.17. The number of carbonyl (C=O) groups is 1. The number of hydrogen-bond donors (Lipinski definition) is 1. The molecule has 0 spiro atoms. The lowest BCUT2D eigenvalue weighted by Crippen LogP contribution is -2.49. The van der Waals surface area contributed by atoms with Gasteiger partial charge in [0.05, 0.1) is 36.9 Å². The van der Waals surface area contributed by atoms with Gasteiger partial charge in [-0.1, -0.05) is 6.58 Å². The molecule has 14 heteroatoms. The number of ether oxygens (including phenoxy) is 2. The number of halogens is 5. The third-order valence-electron chi connectivity index (χ3n) is 7.33. The summed E-state index contributed by atoms with van der Waals surface area (Å²) in [6.07, 6.45) is -4.27. The molecular formula is C28H29F5N4O4S. The summed E-state index contributed by atoms with van der Waals surface area (Å²) >= 11 is 0. The van der Waals surface area contributed by atoms with Gasteiger partial charge in [0.25, 0.3) is 0 Å². The zero-order valence-electron chi connectivity index (χ0n) is 22.7. The molecule has 1 aromatic heterocycles. The third kappa shape index (κ3) is 5.88. The largest absolute Gasteiger partial charge is 0.416 e. The Kier molecular flexibility index (Phi) is 8.58. The van der Waals surface area contributed by atoms with Crippen molar-refractivity contribution < 1.29 is 36.2 Å². The van der Waals surface area contributed by atoms with Crippen LogP contribution in [0.4, 0.5) is 27.8 Å². The summed E-state index contributed by atoms with van der Waals surface area (Å²) in [4.78, 5) is 33.2. The zero-order valence-corrected chi connectivity index (χ0v) is 23.6. The van der Waals surface area contributed by atoms with Crippen LogP contribution in [0.2, 0.25) is 0 Å². The summed E-state index contributed by atoms with van der Waals surface area (Å²) < 4.78 is 84.4. The molecule has 5 rings (SSSR count). The third-order valence-corrected chi connectivity index (χ3v) is 9.97. The summed E-state index contributed by atoms with van der Waals surface area (Å²) in [6, 6.07) is 4.91. The summed E-state index contributed by atoms with van der Waals surface area (Å²) in [6.45, 7) is 4.77. The van der Waals surface area contributed by atoms with E-state index >= 15 is 4.39 Å². The molecule has 1 saturated heterocycles. The molecule has 3 heterocycles. The van der Waals surface area contributed by atoms with E-state index in [-0.39, 0.29) is 84.1 Å². The van der Waals surface area contributed by atoms with Gasteiger partial charge in [-0.2, -0.15) is 29.1 Å². The van der Waals surface area contributed by atoms with E-state index in [9.17, 15) is 27.2 Å². The fourth-order valence-corrected chi connectivity index (χ4v) is 7.97. The number of anilines is 1. The van der Waals surface area contributed by atoms with Gasteiger partial charge in [-0.25, -0.2) is 13.6 Å². The smallest absolute Gasteiger partial charge is 0.382 e. The SMILES string of the molecule is C=CC(=O)N1CCN(c2nc(=O)n3c4c(cc(C(F)(F)F)cc24)[SH](c2ccc(F)cc2F)C[C@@H](OCCOC)C3)CC1. The van der Waals surface area contributed by atoms with Gasteiger partial charge < -0.3 is 19.3 Å². The monoisotopic (exact) mass is 612 g/mol. The molecule has 8 nitrogen and oxygen atoms in total. The molecule has 0 saturated carbocycles. The minimum atomic E-state index is -4.76.